The van der Waals surface area contributed by atoms with Crippen LogP contribution in [0.3, 0.4) is 0 Å². The van der Waals surface area contributed by atoms with Gasteiger partial charge in [-0.1, -0.05) is 72.0 Å². The highest BCUT2D eigenvalue weighted by Crippen LogP contribution is 2.40. The second kappa shape index (κ2) is 7.43. The first-order chi connectivity index (χ1) is 12.6. The van der Waals surface area contributed by atoms with Crippen LogP contribution < -0.4 is 4.74 Å². The van der Waals surface area contributed by atoms with Crippen LogP contribution in [0, 0.1) is 0 Å². The first-order valence-corrected chi connectivity index (χ1v) is 9.96. The summed E-state index contributed by atoms with van der Waals surface area (Å²) in [6, 6.07) is 15.6. The second-order valence-corrected chi connectivity index (χ2v) is 8.28. The van der Waals surface area contributed by atoms with Crippen molar-refractivity contribution in [3.05, 3.63) is 69.6 Å². The molecule has 4 rings (SSSR count). The Balaban J connectivity index is 1.55. The third-order valence-electron chi connectivity index (χ3n) is 4.28. The van der Waals surface area contributed by atoms with E-state index in [2.05, 4.69) is 0 Å². The molecule has 1 aliphatic heterocycles. The monoisotopic (exact) mass is 401 g/mol. The summed E-state index contributed by atoms with van der Waals surface area (Å²) in [5.74, 6) is 0.715. The number of thiocarbonyl (C=S) groups is 1. The van der Waals surface area contributed by atoms with Gasteiger partial charge in [-0.2, -0.15) is 0 Å². The van der Waals surface area contributed by atoms with E-state index in [0.29, 0.717) is 32.6 Å². The molecule has 0 bridgehead atoms. The van der Waals surface area contributed by atoms with E-state index in [4.69, 9.17) is 28.6 Å². The van der Waals surface area contributed by atoms with Gasteiger partial charge in [-0.3, -0.25) is 9.69 Å². The third kappa shape index (κ3) is 3.65. The molecule has 1 saturated heterocycles. The van der Waals surface area contributed by atoms with Crippen molar-refractivity contribution in [2.75, 3.05) is 0 Å². The standard InChI is InChI=1S/C20H16ClNO2S2/c21-16-7-3-1-6-14(16)12-24-17-8-4-2-5-13(17)11-18-19(23)22(15-9-10-15)20(25)26-18/h1-8,11,15H,9-10,12H2. The normalized spacial score (nSPS) is 18.7. The van der Waals surface area contributed by atoms with Crippen LogP contribution in [-0.4, -0.2) is 21.2 Å². The van der Waals surface area contributed by atoms with Gasteiger partial charge in [0, 0.05) is 22.2 Å². The molecule has 2 aromatic carbocycles. The van der Waals surface area contributed by atoms with E-state index in [1.165, 1.54) is 11.8 Å². The van der Waals surface area contributed by atoms with Crippen LogP contribution in [0.1, 0.15) is 24.0 Å². The van der Waals surface area contributed by atoms with Gasteiger partial charge in [0.2, 0.25) is 0 Å². The maximum Gasteiger partial charge on any atom is 0.266 e. The Morgan fingerprint density at radius 1 is 1.19 bits per heavy atom. The maximum atomic E-state index is 12.6. The second-order valence-electron chi connectivity index (χ2n) is 6.20. The van der Waals surface area contributed by atoms with Crippen LogP contribution in [0.25, 0.3) is 6.08 Å². The molecule has 2 fully saturated rings. The topological polar surface area (TPSA) is 29.5 Å². The summed E-state index contributed by atoms with van der Waals surface area (Å²) in [6.07, 6.45) is 3.94. The number of thioether (sulfide) groups is 1. The van der Waals surface area contributed by atoms with Crippen molar-refractivity contribution in [3.63, 3.8) is 0 Å². The number of hydrogen-bond acceptors (Lipinski definition) is 4. The lowest BCUT2D eigenvalue weighted by Crippen LogP contribution is -2.30. The van der Waals surface area contributed by atoms with Crippen molar-refractivity contribution < 1.29 is 9.53 Å². The fourth-order valence-electron chi connectivity index (χ4n) is 2.77. The average molecular weight is 402 g/mol. The number of hydrogen-bond donors (Lipinski definition) is 0. The molecule has 6 heteroatoms. The molecule has 26 heavy (non-hydrogen) atoms. The molecule has 2 aliphatic rings. The molecule has 2 aromatic rings. The Morgan fingerprint density at radius 2 is 1.92 bits per heavy atom. The largest absolute Gasteiger partial charge is 0.488 e. The summed E-state index contributed by atoms with van der Waals surface area (Å²) in [6.45, 7) is 0.369. The fourth-order valence-corrected chi connectivity index (χ4v) is 4.35. The molecular weight excluding hydrogens is 386 g/mol. The minimum absolute atomic E-state index is 0.00315. The predicted octanol–water partition coefficient (Wildman–Crippen LogP) is 5.28. The van der Waals surface area contributed by atoms with E-state index in [0.717, 1.165) is 24.0 Å². The lowest BCUT2D eigenvalue weighted by atomic mass is 10.1. The highest BCUT2D eigenvalue weighted by atomic mass is 35.5. The molecule has 132 valence electrons. The molecule has 0 N–H and O–H groups in total. The highest BCUT2D eigenvalue weighted by Gasteiger charge is 2.41. The Morgan fingerprint density at radius 3 is 2.69 bits per heavy atom. The van der Waals surface area contributed by atoms with Crippen LogP contribution in [-0.2, 0) is 11.4 Å². The fraction of sp³-hybridized carbons (Fsp3) is 0.200. The van der Waals surface area contributed by atoms with Crippen LogP contribution in [0.5, 0.6) is 5.75 Å². The van der Waals surface area contributed by atoms with E-state index in [9.17, 15) is 4.79 Å². The van der Waals surface area contributed by atoms with Gasteiger partial charge in [0.25, 0.3) is 5.91 Å². The van der Waals surface area contributed by atoms with Crippen molar-refractivity contribution in [2.45, 2.75) is 25.5 Å². The molecule has 0 spiro atoms. The predicted molar refractivity (Wildman–Crippen MR) is 110 cm³/mol. The van der Waals surface area contributed by atoms with Crippen LogP contribution in [0.2, 0.25) is 5.02 Å². The molecule has 0 aromatic heterocycles. The van der Waals surface area contributed by atoms with Gasteiger partial charge in [-0.25, -0.2) is 0 Å². The SMILES string of the molecule is O=C1C(=Cc2ccccc2OCc2ccccc2Cl)SC(=S)N1C1CC1. The van der Waals surface area contributed by atoms with Crippen molar-refractivity contribution in [3.8, 4) is 5.75 Å². The van der Waals surface area contributed by atoms with Gasteiger partial charge in [0.1, 0.15) is 16.7 Å². The Labute approximate surface area is 167 Å². The molecule has 1 saturated carbocycles. The van der Waals surface area contributed by atoms with Crippen molar-refractivity contribution in [1.29, 1.82) is 0 Å². The van der Waals surface area contributed by atoms with Gasteiger partial charge in [0.05, 0.1) is 4.91 Å². The van der Waals surface area contributed by atoms with Crippen molar-refractivity contribution in [1.82, 2.24) is 4.90 Å². The number of carbonyl (C=O) groups is 1. The van der Waals surface area contributed by atoms with Gasteiger partial charge >= 0.3 is 0 Å². The maximum absolute atomic E-state index is 12.6. The minimum atomic E-state index is 0.00315. The van der Waals surface area contributed by atoms with Crippen LogP contribution >= 0.6 is 35.6 Å². The number of halogens is 1. The number of benzene rings is 2. The van der Waals surface area contributed by atoms with Gasteiger partial charge in [-0.05, 0) is 31.1 Å². The highest BCUT2D eigenvalue weighted by molar-refractivity contribution is 8.26. The molecule has 1 amide bonds. The van der Waals surface area contributed by atoms with Gasteiger partial charge in [-0.15, -0.1) is 0 Å². The molecule has 0 atom stereocenters. The Hall–Kier alpha value is -1.82. The zero-order valence-electron chi connectivity index (χ0n) is 13.9. The number of para-hydroxylation sites is 1. The van der Waals surface area contributed by atoms with Crippen molar-refractivity contribution >= 4 is 51.9 Å². The lowest BCUT2D eigenvalue weighted by Gasteiger charge is -2.12. The number of nitrogens with zero attached hydrogens (tertiary/aromatic N) is 1. The Kier molecular flexibility index (Phi) is 5.02. The summed E-state index contributed by atoms with van der Waals surface area (Å²) in [7, 11) is 0. The van der Waals surface area contributed by atoms with E-state index < -0.39 is 0 Å². The third-order valence-corrected chi connectivity index (χ3v) is 5.98. The summed E-state index contributed by atoms with van der Waals surface area (Å²) >= 11 is 12.9. The van der Waals surface area contributed by atoms with Gasteiger partial charge in [0.15, 0.2) is 0 Å². The zero-order chi connectivity index (χ0) is 18.1. The lowest BCUT2D eigenvalue weighted by molar-refractivity contribution is -0.122. The molecule has 1 heterocycles. The molecule has 3 nitrogen and oxygen atoms in total. The summed E-state index contributed by atoms with van der Waals surface area (Å²) in [5, 5.41) is 0.676. The van der Waals surface area contributed by atoms with Crippen LogP contribution in [0.15, 0.2) is 53.4 Å². The minimum Gasteiger partial charge on any atom is -0.488 e. The van der Waals surface area contributed by atoms with E-state index in [-0.39, 0.29) is 5.91 Å². The molecule has 1 aliphatic carbocycles. The smallest absolute Gasteiger partial charge is 0.266 e. The summed E-state index contributed by atoms with van der Waals surface area (Å²) < 4.78 is 6.62. The quantitative estimate of drug-likeness (QED) is 0.503. The van der Waals surface area contributed by atoms with E-state index in [1.54, 1.807) is 4.90 Å². The molecular formula is C20H16ClNO2S2. The summed E-state index contributed by atoms with van der Waals surface area (Å²) in [4.78, 5) is 15.0. The van der Waals surface area contributed by atoms with E-state index in [1.807, 2.05) is 54.6 Å². The van der Waals surface area contributed by atoms with Gasteiger partial charge < -0.3 is 4.74 Å². The number of amides is 1. The first kappa shape index (κ1) is 17.6. The molecule has 0 unspecified atom stereocenters. The zero-order valence-corrected chi connectivity index (χ0v) is 16.2. The average Bonchev–Trinajstić information content (AvgIpc) is 3.42. The summed E-state index contributed by atoms with van der Waals surface area (Å²) in [5.41, 5.74) is 1.78. The Bertz CT molecular complexity index is 908. The van der Waals surface area contributed by atoms with Crippen LogP contribution in [0.4, 0.5) is 0 Å². The number of carbonyl (C=O) groups excluding carboxylic acids is 1. The first-order valence-electron chi connectivity index (χ1n) is 8.36. The van der Waals surface area contributed by atoms with E-state index >= 15 is 0 Å². The number of rotatable bonds is 5. The number of ether oxygens (including phenoxy) is 1. The molecule has 0 radical (unpaired) electrons. The van der Waals surface area contributed by atoms with Crippen molar-refractivity contribution in [2.24, 2.45) is 0 Å².